The van der Waals surface area contributed by atoms with Crippen LogP contribution in [0.5, 0.6) is 0 Å². The molecule has 2 unspecified atom stereocenters. The van der Waals surface area contributed by atoms with Gasteiger partial charge in [-0.15, -0.1) is 0 Å². The lowest BCUT2D eigenvalue weighted by Crippen LogP contribution is -2.28. The highest BCUT2D eigenvalue weighted by Gasteiger charge is 2.32. The standard InChI is InChI=1S/C27H30N2O2.C5H8O2/c1-4-5-11-23-19(3)24-16-21(27(30)28-17-22-14-12-18(2)31-22)13-15-25(24)29-26(23)20-9-7-6-8-10-20;1-3-4-7-5(2)6/h6-10,12-16,23,26,29H,3-5,11,17H2,1-2H3,(H,28,30);3H,1,4H2,2H3. The molecule has 1 aromatic heterocycles. The van der Waals surface area contributed by atoms with Crippen molar-refractivity contribution in [3.8, 4) is 0 Å². The number of ether oxygens (including phenoxy) is 1. The van der Waals surface area contributed by atoms with Gasteiger partial charge < -0.3 is 19.8 Å². The Morgan fingerprint density at radius 1 is 1.13 bits per heavy atom. The highest BCUT2D eigenvalue weighted by molar-refractivity contribution is 5.96. The van der Waals surface area contributed by atoms with Gasteiger partial charge in [0.1, 0.15) is 18.1 Å². The summed E-state index contributed by atoms with van der Waals surface area (Å²) < 4.78 is 9.98. The van der Waals surface area contributed by atoms with E-state index in [1.165, 1.54) is 18.6 Å². The normalized spacial score (nSPS) is 15.8. The Kier molecular flexibility index (Phi) is 10.5. The van der Waals surface area contributed by atoms with Crippen molar-refractivity contribution in [2.75, 3.05) is 11.9 Å². The van der Waals surface area contributed by atoms with E-state index in [9.17, 15) is 9.59 Å². The van der Waals surface area contributed by atoms with E-state index < -0.39 is 0 Å². The second-order valence-electron chi connectivity index (χ2n) is 9.35. The molecule has 6 nitrogen and oxygen atoms in total. The maximum atomic E-state index is 12.8. The predicted molar refractivity (Wildman–Crippen MR) is 153 cm³/mol. The van der Waals surface area contributed by atoms with Crippen molar-refractivity contribution < 1.29 is 18.7 Å². The van der Waals surface area contributed by atoms with E-state index in [0.717, 1.165) is 47.6 Å². The molecule has 1 aliphatic rings. The molecule has 2 heterocycles. The number of rotatable bonds is 9. The van der Waals surface area contributed by atoms with E-state index in [0.29, 0.717) is 24.6 Å². The van der Waals surface area contributed by atoms with Crippen LogP contribution in [0.1, 0.15) is 72.2 Å². The van der Waals surface area contributed by atoms with Crippen LogP contribution in [-0.4, -0.2) is 18.5 Å². The number of nitrogens with one attached hydrogen (secondary N) is 2. The minimum absolute atomic E-state index is 0.111. The molecule has 38 heavy (non-hydrogen) atoms. The summed E-state index contributed by atoms with van der Waals surface area (Å²) in [6.07, 6.45) is 4.89. The number of hydrogen-bond acceptors (Lipinski definition) is 5. The van der Waals surface area contributed by atoms with Crippen molar-refractivity contribution in [1.82, 2.24) is 5.32 Å². The molecule has 3 aromatic rings. The van der Waals surface area contributed by atoms with Gasteiger partial charge in [0.25, 0.3) is 5.91 Å². The van der Waals surface area contributed by atoms with E-state index in [4.69, 9.17) is 4.42 Å². The zero-order chi connectivity index (χ0) is 27.5. The molecule has 2 aromatic carbocycles. The largest absolute Gasteiger partial charge is 0.465 e. The number of fused-ring (bicyclic) bond motifs is 1. The number of amides is 1. The molecule has 0 fully saturated rings. The fraction of sp³-hybridized carbons (Fsp3) is 0.312. The minimum atomic E-state index is -0.264. The molecule has 6 heteroatoms. The van der Waals surface area contributed by atoms with Crippen molar-refractivity contribution in [2.45, 2.75) is 52.6 Å². The molecular weight excluding hydrogens is 476 g/mol. The molecule has 0 radical (unpaired) electrons. The number of aryl methyl sites for hydroxylation is 1. The van der Waals surface area contributed by atoms with Gasteiger partial charge in [0, 0.05) is 29.7 Å². The monoisotopic (exact) mass is 514 g/mol. The summed E-state index contributed by atoms with van der Waals surface area (Å²) in [5.74, 6) is 1.51. The first kappa shape index (κ1) is 28.5. The fourth-order valence-electron chi connectivity index (χ4n) is 4.51. The van der Waals surface area contributed by atoms with Crippen molar-refractivity contribution in [3.05, 3.63) is 108 Å². The van der Waals surface area contributed by atoms with Gasteiger partial charge in [-0.25, -0.2) is 0 Å². The fourth-order valence-corrected chi connectivity index (χ4v) is 4.51. The Morgan fingerprint density at radius 3 is 2.50 bits per heavy atom. The highest BCUT2D eigenvalue weighted by Crippen LogP contribution is 2.45. The third kappa shape index (κ3) is 7.72. The van der Waals surface area contributed by atoms with Gasteiger partial charge in [0.2, 0.25) is 0 Å². The number of unbranched alkanes of at least 4 members (excludes halogenated alkanes) is 1. The number of benzene rings is 2. The molecule has 2 atom stereocenters. The number of esters is 1. The van der Waals surface area contributed by atoms with E-state index >= 15 is 0 Å². The zero-order valence-electron chi connectivity index (χ0n) is 22.6. The van der Waals surface area contributed by atoms with Crippen molar-refractivity contribution in [1.29, 1.82) is 0 Å². The number of carbonyl (C=O) groups excluding carboxylic acids is 2. The van der Waals surface area contributed by atoms with Crippen LogP contribution in [0.25, 0.3) is 5.57 Å². The Labute approximate surface area is 225 Å². The number of furan rings is 1. The maximum Gasteiger partial charge on any atom is 0.302 e. The van der Waals surface area contributed by atoms with Crippen LogP contribution >= 0.6 is 0 Å². The minimum Gasteiger partial charge on any atom is -0.465 e. The molecule has 0 saturated carbocycles. The summed E-state index contributed by atoms with van der Waals surface area (Å²) in [4.78, 5) is 22.7. The van der Waals surface area contributed by atoms with Crippen LogP contribution in [0.3, 0.4) is 0 Å². The summed E-state index contributed by atoms with van der Waals surface area (Å²) in [7, 11) is 0. The first-order chi connectivity index (χ1) is 18.3. The van der Waals surface area contributed by atoms with Crippen LogP contribution in [0.15, 0.2) is 84.3 Å². The number of anilines is 1. The SMILES string of the molecule is C=C1c2cc(C(=O)NCc3ccc(C)o3)ccc2NC(c2ccccc2)C1CCCC.C=CCOC(C)=O. The molecule has 1 aliphatic heterocycles. The zero-order valence-corrected chi connectivity index (χ0v) is 22.6. The summed E-state index contributed by atoms with van der Waals surface area (Å²) in [5, 5.41) is 6.67. The van der Waals surface area contributed by atoms with Gasteiger partial charge in [0.05, 0.1) is 12.6 Å². The second-order valence-corrected chi connectivity index (χ2v) is 9.35. The Bertz CT molecular complexity index is 1250. The molecular formula is C32H38N2O4. The number of hydrogen-bond donors (Lipinski definition) is 2. The quantitative estimate of drug-likeness (QED) is 0.232. The first-order valence-electron chi connectivity index (χ1n) is 13.1. The summed E-state index contributed by atoms with van der Waals surface area (Å²) in [6.45, 7) is 14.0. The lowest BCUT2D eigenvalue weighted by molar-refractivity contribution is -0.139. The van der Waals surface area contributed by atoms with Gasteiger partial charge in [-0.2, -0.15) is 0 Å². The van der Waals surface area contributed by atoms with E-state index in [1.807, 2.05) is 43.3 Å². The molecule has 0 aliphatic carbocycles. The van der Waals surface area contributed by atoms with Gasteiger partial charge in [-0.1, -0.05) is 69.3 Å². The van der Waals surface area contributed by atoms with E-state index in [2.05, 4.69) is 59.7 Å². The lowest BCUT2D eigenvalue weighted by atomic mass is 9.77. The van der Waals surface area contributed by atoms with Crippen molar-refractivity contribution in [2.24, 2.45) is 5.92 Å². The molecule has 0 spiro atoms. The second kappa shape index (κ2) is 14.0. The molecule has 2 N–H and O–H groups in total. The predicted octanol–water partition coefficient (Wildman–Crippen LogP) is 7.24. The average Bonchev–Trinajstić information content (AvgIpc) is 3.35. The summed E-state index contributed by atoms with van der Waals surface area (Å²) in [5.41, 5.74) is 5.08. The van der Waals surface area contributed by atoms with Crippen LogP contribution in [0.2, 0.25) is 0 Å². The Morgan fingerprint density at radius 2 is 1.89 bits per heavy atom. The van der Waals surface area contributed by atoms with Crippen LogP contribution in [0, 0.1) is 12.8 Å². The molecule has 0 bridgehead atoms. The van der Waals surface area contributed by atoms with Gasteiger partial charge in [-0.05, 0) is 54.8 Å². The smallest absolute Gasteiger partial charge is 0.302 e. The molecule has 1 amide bonds. The third-order valence-corrected chi connectivity index (χ3v) is 6.44. The van der Waals surface area contributed by atoms with Crippen molar-refractivity contribution >= 4 is 23.1 Å². The lowest BCUT2D eigenvalue weighted by Gasteiger charge is -2.37. The van der Waals surface area contributed by atoms with Crippen LogP contribution in [-0.2, 0) is 16.1 Å². The topological polar surface area (TPSA) is 80.6 Å². The van der Waals surface area contributed by atoms with Gasteiger partial charge in [-0.3, -0.25) is 9.59 Å². The first-order valence-corrected chi connectivity index (χ1v) is 13.1. The maximum absolute atomic E-state index is 12.8. The van der Waals surface area contributed by atoms with Crippen LogP contribution < -0.4 is 10.6 Å². The van der Waals surface area contributed by atoms with Crippen molar-refractivity contribution in [3.63, 3.8) is 0 Å². The summed E-state index contributed by atoms with van der Waals surface area (Å²) in [6, 6.07) is 20.4. The Balaban J connectivity index is 0.000000505. The van der Waals surface area contributed by atoms with Gasteiger partial charge >= 0.3 is 5.97 Å². The van der Waals surface area contributed by atoms with Crippen LogP contribution in [0.4, 0.5) is 5.69 Å². The van der Waals surface area contributed by atoms with E-state index in [-0.39, 0.29) is 17.9 Å². The molecule has 4 rings (SSSR count). The Hall–Kier alpha value is -4.06. The summed E-state index contributed by atoms with van der Waals surface area (Å²) >= 11 is 0. The third-order valence-electron chi connectivity index (χ3n) is 6.44. The molecule has 0 saturated heterocycles. The molecule has 200 valence electrons. The average molecular weight is 515 g/mol. The highest BCUT2D eigenvalue weighted by atomic mass is 16.5. The van der Waals surface area contributed by atoms with E-state index in [1.54, 1.807) is 0 Å². The number of carbonyl (C=O) groups is 2. The van der Waals surface area contributed by atoms with Gasteiger partial charge in [0.15, 0.2) is 0 Å².